The van der Waals surface area contributed by atoms with Crippen LogP contribution >= 0.6 is 0 Å². The fourth-order valence-corrected chi connectivity index (χ4v) is 4.50. The van der Waals surface area contributed by atoms with Gasteiger partial charge in [0, 0.05) is 31.6 Å². The molecule has 2 saturated heterocycles. The largest absolute Gasteiger partial charge is 0.379 e. The van der Waals surface area contributed by atoms with Crippen LogP contribution in [0.15, 0.2) is 0 Å². The van der Waals surface area contributed by atoms with E-state index in [0.29, 0.717) is 98.3 Å². The zero-order valence-corrected chi connectivity index (χ0v) is 22.5. The highest BCUT2D eigenvalue weighted by atomic mass is 16.6. The van der Waals surface area contributed by atoms with Gasteiger partial charge in [0.05, 0.1) is 85.7 Å². The van der Waals surface area contributed by atoms with Crippen LogP contribution in [0.2, 0.25) is 0 Å². The second-order valence-electron chi connectivity index (χ2n) is 9.33. The first-order valence-corrected chi connectivity index (χ1v) is 13.9. The summed E-state index contributed by atoms with van der Waals surface area (Å²) in [5, 5.41) is 0. The number of amides is 1. The molecule has 0 saturated carbocycles. The molecule has 2 aliphatic rings. The van der Waals surface area contributed by atoms with Crippen molar-refractivity contribution in [3.05, 3.63) is 0 Å². The molecule has 0 unspecified atom stereocenters. The van der Waals surface area contributed by atoms with Crippen LogP contribution in [0.5, 0.6) is 0 Å². The molecule has 2 N–H and O–H groups in total. The first kappa shape index (κ1) is 32.0. The fraction of sp³-hybridized carbons (Fsp3) is 0.923. The fourth-order valence-electron chi connectivity index (χ4n) is 4.50. The lowest BCUT2D eigenvalue weighted by Gasteiger charge is -2.41. The molecular weight excluding hydrogens is 482 g/mol. The average Bonchev–Trinajstić information content (AvgIpc) is 2.94. The number of carbonyl (C=O) groups excluding carboxylic acids is 2. The van der Waals surface area contributed by atoms with Crippen LogP contribution in [0, 0.1) is 5.92 Å². The Bertz CT molecular complexity index is 570. The number of aldehydes is 1. The zero-order valence-electron chi connectivity index (χ0n) is 22.5. The Morgan fingerprint density at radius 1 is 0.649 bits per heavy atom. The van der Waals surface area contributed by atoms with Crippen LogP contribution in [0.3, 0.4) is 0 Å². The number of nitrogens with zero attached hydrogens (tertiary/aromatic N) is 2. The Balaban J connectivity index is 1.30. The number of nitrogens with two attached hydrogens (primary N) is 1. The maximum Gasteiger partial charge on any atom is 0.224 e. The maximum atomic E-state index is 12.5. The van der Waals surface area contributed by atoms with E-state index >= 15 is 0 Å². The van der Waals surface area contributed by atoms with E-state index in [2.05, 4.69) is 4.90 Å². The van der Waals surface area contributed by atoms with E-state index in [1.807, 2.05) is 4.90 Å². The molecule has 37 heavy (non-hydrogen) atoms. The van der Waals surface area contributed by atoms with Crippen molar-refractivity contribution < 1.29 is 38.0 Å². The quantitative estimate of drug-likeness (QED) is 0.155. The van der Waals surface area contributed by atoms with Crippen LogP contribution in [0.4, 0.5) is 0 Å². The second kappa shape index (κ2) is 21.7. The third-order valence-corrected chi connectivity index (χ3v) is 6.68. The van der Waals surface area contributed by atoms with Crippen molar-refractivity contribution in [1.29, 1.82) is 0 Å². The Labute approximate surface area is 222 Å². The highest BCUT2D eigenvalue weighted by Gasteiger charge is 2.29. The van der Waals surface area contributed by atoms with Crippen LogP contribution in [-0.4, -0.2) is 140 Å². The number of carbonyl (C=O) groups is 2. The third-order valence-electron chi connectivity index (χ3n) is 6.68. The van der Waals surface area contributed by atoms with E-state index in [-0.39, 0.29) is 11.8 Å². The molecule has 0 spiro atoms. The number of piperidine rings is 2. The van der Waals surface area contributed by atoms with Crippen LogP contribution in [0.1, 0.15) is 32.1 Å². The van der Waals surface area contributed by atoms with E-state index in [9.17, 15) is 9.59 Å². The van der Waals surface area contributed by atoms with Crippen molar-refractivity contribution in [2.75, 3.05) is 112 Å². The Kier molecular flexibility index (Phi) is 18.8. The van der Waals surface area contributed by atoms with Crippen molar-refractivity contribution in [1.82, 2.24) is 9.80 Å². The van der Waals surface area contributed by atoms with E-state index in [1.165, 1.54) is 0 Å². The van der Waals surface area contributed by atoms with Gasteiger partial charge in [-0.2, -0.15) is 0 Å². The highest BCUT2D eigenvalue weighted by Crippen LogP contribution is 2.23. The van der Waals surface area contributed by atoms with Gasteiger partial charge in [-0.1, -0.05) is 0 Å². The molecule has 2 aliphatic heterocycles. The lowest BCUT2D eigenvalue weighted by Crippen LogP contribution is -2.49. The molecule has 11 nitrogen and oxygen atoms in total. The van der Waals surface area contributed by atoms with E-state index in [1.54, 1.807) is 0 Å². The molecule has 0 aromatic rings. The van der Waals surface area contributed by atoms with Crippen molar-refractivity contribution >= 4 is 12.2 Å². The molecule has 0 radical (unpaired) electrons. The van der Waals surface area contributed by atoms with E-state index in [4.69, 9.17) is 34.2 Å². The highest BCUT2D eigenvalue weighted by molar-refractivity contribution is 5.76. The molecule has 216 valence electrons. The molecule has 0 aliphatic carbocycles. The summed E-state index contributed by atoms with van der Waals surface area (Å²) in [6.45, 7) is 10.2. The van der Waals surface area contributed by atoms with Gasteiger partial charge in [-0.25, -0.2) is 0 Å². The molecule has 0 aromatic heterocycles. The lowest BCUT2D eigenvalue weighted by atomic mass is 9.94. The first-order valence-electron chi connectivity index (χ1n) is 13.9. The van der Waals surface area contributed by atoms with Crippen LogP contribution in [0.25, 0.3) is 0 Å². The van der Waals surface area contributed by atoms with Gasteiger partial charge in [0.15, 0.2) is 0 Å². The summed E-state index contributed by atoms with van der Waals surface area (Å²) < 4.78 is 32.5. The molecule has 2 fully saturated rings. The zero-order chi connectivity index (χ0) is 26.4. The summed E-state index contributed by atoms with van der Waals surface area (Å²) >= 11 is 0. The Morgan fingerprint density at radius 2 is 1.08 bits per heavy atom. The Hall–Kier alpha value is -1.18. The van der Waals surface area contributed by atoms with Crippen molar-refractivity contribution in [3.63, 3.8) is 0 Å². The minimum atomic E-state index is 0.165. The molecule has 0 atom stereocenters. The minimum Gasteiger partial charge on any atom is -0.379 e. The van der Waals surface area contributed by atoms with E-state index in [0.717, 1.165) is 58.1 Å². The third kappa shape index (κ3) is 15.1. The van der Waals surface area contributed by atoms with Gasteiger partial charge in [-0.15, -0.1) is 0 Å². The summed E-state index contributed by atoms with van der Waals surface area (Å²) in [5.74, 6) is 0.398. The molecule has 0 aromatic carbocycles. The van der Waals surface area contributed by atoms with Crippen molar-refractivity contribution in [3.8, 4) is 0 Å². The van der Waals surface area contributed by atoms with Gasteiger partial charge in [0.2, 0.25) is 5.91 Å². The molecule has 1 amide bonds. The number of hydrogen-bond acceptors (Lipinski definition) is 10. The smallest absolute Gasteiger partial charge is 0.224 e. The standard InChI is InChI=1S/C26H49N3O8/c27-6-12-33-14-16-35-18-20-37-22-21-36-19-17-34-15-13-32-11-5-26(31)29-9-3-25(4-10-29)28-7-1-24(23-30)2-8-28/h23-25H,1-22,27H2. The molecule has 0 bridgehead atoms. The van der Waals surface area contributed by atoms with Crippen LogP contribution in [-0.2, 0) is 38.0 Å². The van der Waals surface area contributed by atoms with Gasteiger partial charge >= 0.3 is 0 Å². The number of rotatable bonds is 22. The minimum absolute atomic E-state index is 0.165. The predicted octanol–water partition coefficient (Wildman–Crippen LogP) is 0.337. The van der Waals surface area contributed by atoms with Gasteiger partial charge in [-0.3, -0.25) is 4.79 Å². The topological polar surface area (TPSA) is 122 Å². The van der Waals surface area contributed by atoms with E-state index < -0.39 is 0 Å². The molecular formula is C26H49N3O8. The van der Waals surface area contributed by atoms with Gasteiger partial charge in [-0.05, 0) is 38.8 Å². The monoisotopic (exact) mass is 531 g/mol. The maximum absolute atomic E-state index is 12.5. The van der Waals surface area contributed by atoms with Crippen LogP contribution < -0.4 is 5.73 Å². The predicted molar refractivity (Wildman–Crippen MR) is 139 cm³/mol. The summed E-state index contributed by atoms with van der Waals surface area (Å²) in [4.78, 5) is 27.9. The summed E-state index contributed by atoms with van der Waals surface area (Å²) in [5.41, 5.74) is 5.33. The average molecular weight is 532 g/mol. The Morgan fingerprint density at radius 3 is 1.51 bits per heavy atom. The normalized spacial score (nSPS) is 17.9. The molecule has 11 heteroatoms. The number of hydrogen-bond donors (Lipinski definition) is 1. The molecule has 2 rings (SSSR count). The summed E-state index contributed by atoms with van der Waals surface area (Å²) in [6.07, 6.45) is 5.47. The second-order valence-corrected chi connectivity index (χ2v) is 9.33. The number of likely N-dealkylation sites (tertiary alicyclic amines) is 2. The first-order chi connectivity index (χ1) is 18.2. The van der Waals surface area contributed by atoms with Crippen molar-refractivity contribution in [2.24, 2.45) is 11.7 Å². The summed E-state index contributed by atoms with van der Waals surface area (Å²) in [7, 11) is 0. The SMILES string of the molecule is NCCOCCOCCOCCOCCOCCOCCC(=O)N1CCC(N2CCC(C=O)CC2)CC1. The number of ether oxygens (including phenoxy) is 6. The lowest BCUT2D eigenvalue weighted by molar-refractivity contribution is -0.134. The van der Waals surface area contributed by atoms with Gasteiger partial charge in [0.25, 0.3) is 0 Å². The molecule has 2 heterocycles. The van der Waals surface area contributed by atoms with Gasteiger partial charge < -0.3 is 48.7 Å². The summed E-state index contributed by atoms with van der Waals surface area (Å²) in [6, 6.07) is 0.541. The van der Waals surface area contributed by atoms with Gasteiger partial charge in [0.1, 0.15) is 6.29 Å². The van der Waals surface area contributed by atoms with Crippen molar-refractivity contribution in [2.45, 2.75) is 38.1 Å².